The van der Waals surface area contributed by atoms with Crippen molar-refractivity contribution in [3.05, 3.63) is 47.4 Å². The first-order chi connectivity index (χ1) is 12.0. The number of hydrogen-bond acceptors (Lipinski definition) is 5. The topological polar surface area (TPSA) is 59.8 Å². The van der Waals surface area contributed by atoms with Crippen molar-refractivity contribution in [3.8, 4) is 0 Å². The first-order valence-electron chi connectivity index (χ1n) is 8.26. The van der Waals surface area contributed by atoms with Crippen molar-refractivity contribution in [3.63, 3.8) is 0 Å². The minimum atomic E-state index is -0.534. The summed E-state index contributed by atoms with van der Waals surface area (Å²) in [5, 5.41) is 0.429. The third-order valence-electron chi connectivity index (χ3n) is 4.13. The molecule has 0 fully saturated rings. The van der Waals surface area contributed by atoms with Gasteiger partial charge in [-0.1, -0.05) is 19.1 Å². The second kappa shape index (κ2) is 7.35. The molecule has 1 aromatic heterocycles. The predicted octanol–water partition coefficient (Wildman–Crippen LogP) is 3.97. The number of anilines is 1. The van der Waals surface area contributed by atoms with Gasteiger partial charge in [0.2, 0.25) is 0 Å². The van der Waals surface area contributed by atoms with Crippen molar-refractivity contribution in [2.45, 2.75) is 37.3 Å². The monoisotopic (exact) mass is 359 g/mol. The van der Waals surface area contributed by atoms with Crippen molar-refractivity contribution in [1.29, 1.82) is 0 Å². The van der Waals surface area contributed by atoms with Crippen LogP contribution in [0.2, 0.25) is 0 Å². The number of carbonyl (C=O) groups is 2. The fourth-order valence-electron chi connectivity index (χ4n) is 2.86. The van der Waals surface area contributed by atoms with E-state index in [0.29, 0.717) is 28.9 Å². The van der Waals surface area contributed by atoms with Gasteiger partial charge >= 0.3 is 5.97 Å². The minimum absolute atomic E-state index is 0.214. The van der Waals surface area contributed by atoms with Gasteiger partial charge in [0.1, 0.15) is 17.1 Å². The Bertz CT molecular complexity index is 798. The summed E-state index contributed by atoms with van der Waals surface area (Å²) in [6, 6.07) is 9.47. The number of fused-ring (bicyclic) bond motifs is 1. The lowest BCUT2D eigenvalue weighted by Crippen LogP contribution is -2.35. The lowest BCUT2D eigenvalue weighted by atomic mass is 10.2. The molecule has 1 aliphatic rings. The number of carbonyl (C=O) groups excluding carboxylic acids is 2. The maximum Gasteiger partial charge on any atom is 0.342 e. The fourth-order valence-corrected chi connectivity index (χ4v) is 3.98. The number of furan rings is 1. The Kier molecular flexibility index (Phi) is 5.18. The largest absolute Gasteiger partial charge is 0.466 e. The van der Waals surface area contributed by atoms with Gasteiger partial charge in [-0.15, -0.1) is 11.8 Å². The molecule has 132 valence electrons. The summed E-state index contributed by atoms with van der Waals surface area (Å²) in [7, 11) is 0. The summed E-state index contributed by atoms with van der Waals surface area (Å²) in [6.45, 7) is 5.96. The van der Waals surface area contributed by atoms with Crippen LogP contribution in [0.15, 0.2) is 39.6 Å². The summed E-state index contributed by atoms with van der Waals surface area (Å²) < 4.78 is 10.6. The number of nitrogens with zero attached hydrogens (tertiary/aromatic N) is 1. The number of amides is 1. The molecule has 0 saturated carbocycles. The molecule has 1 amide bonds. The zero-order chi connectivity index (χ0) is 18.0. The highest BCUT2D eigenvalue weighted by molar-refractivity contribution is 8.00. The van der Waals surface area contributed by atoms with E-state index in [4.69, 9.17) is 9.15 Å². The van der Waals surface area contributed by atoms with Gasteiger partial charge in [-0.05, 0) is 38.5 Å². The van der Waals surface area contributed by atoms with Crippen LogP contribution in [0, 0.1) is 13.8 Å². The van der Waals surface area contributed by atoms with Gasteiger partial charge in [-0.2, -0.15) is 0 Å². The zero-order valence-electron chi connectivity index (χ0n) is 14.6. The molecule has 1 aliphatic heterocycles. The molecule has 2 heterocycles. The maximum absolute atomic E-state index is 12.7. The van der Waals surface area contributed by atoms with Gasteiger partial charge in [-0.3, -0.25) is 4.79 Å². The Morgan fingerprint density at radius 3 is 2.80 bits per heavy atom. The van der Waals surface area contributed by atoms with Gasteiger partial charge in [0, 0.05) is 16.7 Å². The van der Waals surface area contributed by atoms with E-state index in [1.807, 2.05) is 24.3 Å². The fraction of sp³-hybridized carbons (Fsp3) is 0.368. The number of esters is 1. The van der Waals surface area contributed by atoms with Gasteiger partial charge < -0.3 is 14.1 Å². The average Bonchev–Trinajstić information content (AvgIpc) is 2.82. The predicted molar refractivity (Wildman–Crippen MR) is 97.2 cm³/mol. The van der Waals surface area contributed by atoms with E-state index in [1.165, 1.54) is 0 Å². The van der Waals surface area contributed by atoms with Crippen LogP contribution in [0.1, 0.15) is 35.2 Å². The lowest BCUT2D eigenvalue weighted by Gasteiger charge is -2.22. The Balaban J connectivity index is 1.71. The molecule has 1 aromatic carbocycles. The molecule has 0 N–H and O–H groups in total. The molecule has 0 saturated heterocycles. The third kappa shape index (κ3) is 3.90. The van der Waals surface area contributed by atoms with Crippen molar-refractivity contribution >= 4 is 29.3 Å². The standard InChI is InChI=1S/C19H21NO4S/c1-12-10-15(14(3)24-12)19(22)23-11-18(21)20-9-8-13(2)25-17-7-5-4-6-16(17)20/h4-7,10,13H,8-9,11H2,1-3H3. The van der Waals surface area contributed by atoms with Crippen LogP contribution in [-0.2, 0) is 9.53 Å². The van der Waals surface area contributed by atoms with E-state index in [2.05, 4.69) is 6.92 Å². The number of hydrogen-bond donors (Lipinski definition) is 0. The number of aryl methyl sites for hydroxylation is 2. The highest BCUT2D eigenvalue weighted by Gasteiger charge is 2.25. The summed E-state index contributed by atoms with van der Waals surface area (Å²) in [5.74, 6) is 0.394. The van der Waals surface area contributed by atoms with Gasteiger partial charge in [0.05, 0.1) is 5.69 Å². The number of para-hydroxylation sites is 1. The lowest BCUT2D eigenvalue weighted by molar-refractivity contribution is -0.121. The van der Waals surface area contributed by atoms with E-state index in [9.17, 15) is 9.59 Å². The van der Waals surface area contributed by atoms with Crippen molar-refractivity contribution < 1.29 is 18.7 Å². The quantitative estimate of drug-likeness (QED) is 0.776. The van der Waals surface area contributed by atoms with Crippen LogP contribution in [0.4, 0.5) is 5.69 Å². The summed E-state index contributed by atoms with van der Waals surface area (Å²) >= 11 is 1.77. The Labute approximate surface area is 151 Å². The first kappa shape index (κ1) is 17.6. The van der Waals surface area contributed by atoms with Gasteiger partial charge in [0.15, 0.2) is 6.61 Å². The second-order valence-corrected chi connectivity index (χ2v) is 7.61. The van der Waals surface area contributed by atoms with E-state index in [1.54, 1.807) is 36.6 Å². The minimum Gasteiger partial charge on any atom is -0.466 e. The number of benzene rings is 1. The average molecular weight is 359 g/mol. The zero-order valence-corrected chi connectivity index (χ0v) is 15.4. The molecule has 6 heteroatoms. The van der Waals surface area contributed by atoms with Gasteiger partial charge in [-0.25, -0.2) is 4.79 Å². The van der Waals surface area contributed by atoms with E-state index >= 15 is 0 Å². The van der Waals surface area contributed by atoms with Crippen LogP contribution >= 0.6 is 11.8 Å². The highest BCUT2D eigenvalue weighted by Crippen LogP contribution is 2.37. The Hall–Kier alpha value is -2.21. The second-order valence-electron chi connectivity index (χ2n) is 6.13. The third-order valence-corrected chi connectivity index (χ3v) is 5.37. The van der Waals surface area contributed by atoms with Crippen molar-refractivity contribution in [2.75, 3.05) is 18.1 Å². The van der Waals surface area contributed by atoms with Gasteiger partial charge in [0.25, 0.3) is 5.91 Å². The first-order valence-corrected chi connectivity index (χ1v) is 9.14. The normalized spacial score (nSPS) is 16.9. The molecular weight excluding hydrogens is 338 g/mol. The summed E-state index contributed by atoms with van der Waals surface area (Å²) in [4.78, 5) is 27.6. The van der Waals surface area contributed by atoms with Crippen LogP contribution in [-0.4, -0.2) is 30.3 Å². The molecule has 25 heavy (non-hydrogen) atoms. The molecule has 0 aliphatic carbocycles. The van der Waals surface area contributed by atoms with E-state index < -0.39 is 5.97 Å². The number of ether oxygens (including phenoxy) is 1. The SMILES string of the molecule is Cc1cc(C(=O)OCC(=O)N2CCC(C)Sc3ccccc32)c(C)o1. The molecule has 5 nitrogen and oxygen atoms in total. The molecule has 2 aromatic rings. The van der Waals surface area contributed by atoms with Crippen molar-refractivity contribution in [2.24, 2.45) is 0 Å². The van der Waals surface area contributed by atoms with Crippen LogP contribution in [0.5, 0.6) is 0 Å². The maximum atomic E-state index is 12.7. The van der Waals surface area contributed by atoms with Crippen LogP contribution in [0.3, 0.4) is 0 Å². The highest BCUT2D eigenvalue weighted by atomic mass is 32.2. The molecule has 3 rings (SSSR count). The van der Waals surface area contributed by atoms with Crippen molar-refractivity contribution in [1.82, 2.24) is 0 Å². The van der Waals surface area contributed by atoms with Crippen LogP contribution in [0.25, 0.3) is 0 Å². The van der Waals surface area contributed by atoms with Crippen LogP contribution < -0.4 is 4.90 Å². The summed E-state index contributed by atoms with van der Waals surface area (Å²) in [6.07, 6.45) is 0.888. The summed E-state index contributed by atoms with van der Waals surface area (Å²) in [5.41, 5.74) is 1.25. The molecule has 1 unspecified atom stereocenters. The Morgan fingerprint density at radius 1 is 1.32 bits per heavy atom. The van der Waals surface area contributed by atoms with E-state index in [0.717, 1.165) is 17.0 Å². The van der Waals surface area contributed by atoms with E-state index in [-0.39, 0.29) is 12.5 Å². The molecular formula is C19H21NO4S. The smallest absolute Gasteiger partial charge is 0.342 e. The molecule has 0 spiro atoms. The number of rotatable bonds is 3. The Morgan fingerprint density at radius 2 is 2.08 bits per heavy atom. The molecule has 0 radical (unpaired) electrons. The number of thioether (sulfide) groups is 1. The molecule has 0 bridgehead atoms. The molecule has 1 atom stereocenters.